The Morgan fingerprint density at radius 1 is 0.684 bits per heavy atom. The lowest BCUT2D eigenvalue weighted by molar-refractivity contribution is 1.30. The Labute approximate surface area is 112 Å². The summed E-state index contributed by atoms with van der Waals surface area (Å²) in [5.41, 5.74) is 5.65. The van der Waals surface area contributed by atoms with Crippen LogP contribution in [0, 0.1) is 6.92 Å². The zero-order valence-corrected chi connectivity index (χ0v) is 10.7. The molecule has 0 spiro atoms. The summed E-state index contributed by atoms with van der Waals surface area (Å²) in [6.45, 7) is 2.09. The Kier molecular flexibility index (Phi) is 3.07. The number of aryl methyl sites for hydroxylation is 1. The highest BCUT2D eigenvalue weighted by atomic mass is 14.7. The van der Waals surface area contributed by atoms with Crippen LogP contribution in [-0.2, 0) is 0 Å². The highest BCUT2D eigenvalue weighted by Gasteiger charge is 2.01. The van der Waals surface area contributed by atoms with E-state index in [0.29, 0.717) is 0 Å². The lowest BCUT2D eigenvalue weighted by Gasteiger charge is -2.04. The van der Waals surface area contributed by atoms with Gasteiger partial charge in [-0.25, -0.2) is 0 Å². The van der Waals surface area contributed by atoms with E-state index in [1.165, 1.54) is 5.56 Å². The maximum atomic E-state index is 4.53. The fourth-order valence-corrected chi connectivity index (χ4v) is 2.00. The lowest BCUT2D eigenvalue weighted by Crippen LogP contribution is -1.85. The van der Waals surface area contributed by atoms with E-state index in [4.69, 9.17) is 0 Å². The van der Waals surface area contributed by atoms with Crippen molar-refractivity contribution >= 4 is 0 Å². The molecule has 3 aromatic rings. The Morgan fingerprint density at radius 3 is 2.00 bits per heavy atom. The zero-order valence-electron chi connectivity index (χ0n) is 10.7. The molecule has 2 nitrogen and oxygen atoms in total. The fraction of sp³-hybridized carbons (Fsp3) is 0.0588. The number of hydrogen-bond acceptors (Lipinski definition) is 2. The SMILES string of the molecule is Cc1ccc(-c2ccc(-c3ccncc3)cn2)cc1. The summed E-state index contributed by atoms with van der Waals surface area (Å²) >= 11 is 0. The zero-order chi connectivity index (χ0) is 13.1. The van der Waals surface area contributed by atoms with Gasteiger partial charge in [0.15, 0.2) is 0 Å². The molecule has 0 saturated heterocycles. The third kappa shape index (κ3) is 2.52. The molecule has 0 aliphatic heterocycles. The monoisotopic (exact) mass is 246 g/mol. The first-order valence-electron chi connectivity index (χ1n) is 6.26. The van der Waals surface area contributed by atoms with Gasteiger partial charge >= 0.3 is 0 Å². The molecule has 0 aliphatic carbocycles. The molecule has 0 fully saturated rings. The molecular formula is C17H14N2. The van der Waals surface area contributed by atoms with E-state index >= 15 is 0 Å². The highest BCUT2D eigenvalue weighted by Crippen LogP contribution is 2.22. The van der Waals surface area contributed by atoms with Crippen LogP contribution >= 0.6 is 0 Å². The summed E-state index contributed by atoms with van der Waals surface area (Å²) in [5.74, 6) is 0. The molecule has 0 amide bonds. The predicted octanol–water partition coefficient (Wildman–Crippen LogP) is 4.12. The number of nitrogens with zero attached hydrogens (tertiary/aromatic N) is 2. The first-order chi connectivity index (χ1) is 9.33. The molecule has 0 unspecified atom stereocenters. The van der Waals surface area contributed by atoms with Crippen molar-refractivity contribution in [1.82, 2.24) is 9.97 Å². The Morgan fingerprint density at radius 2 is 1.37 bits per heavy atom. The molecule has 0 saturated carbocycles. The van der Waals surface area contributed by atoms with E-state index in [1.54, 1.807) is 12.4 Å². The van der Waals surface area contributed by atoms with Crippen molar-refractivity contribution in [1.29, 1.82) is 0 Å². The van der Waals surface area contributed by atoms with Crippen molar-refractivity contribution in [2.75, 3.05) is 0 Å². The van der Waals surface area contributed by atoms with Gasteiger partial charge in [-0.05, 0) is 30.7 Å². The summed E-state index contributed by atoms with van der Waals surface area (Å²) in [6.07, 6.45) is 5.50. The van der Waals surface area contributed by atoms with Gasteiger partial charge in [0.25, 0.3) is 0 Å². The Bertz CT molecular complexity index is 656. The minimum atomic E-state index is 0.998. The van der Waals surface area contributed by atoms with Crippen molar-refractivity contribution in [3.63, 3.8) is 0 Å². The molecule has 0 N–H and O–H groups in total. The average Bonchev–Trinajstić information content (AvgIpc) is 2.49. The lowest BCUT2D eigenvalue weighted by atomic mass is 10.1. The number of aromatic nitrogens is 2. The van der Waals surface area contributed by atoms with Crippen LogP contribution in [0.1, 0.15) is 5.56 Å². The minimum absolute atomic E-state index is 0.998. The predicted molar refractivity (Wildman–Crippen MR) is 77.6 cm³/mol. The van der Waals surface area contributed by atoms with Crippen molar-refractivity contribution in [2.24, 2.45) is 0 Å². The maximum Gasteiger partial charge on any atom is 0.0702 e. The average molecular weight is 246 g/mol. The third-order valence-corrected chi connectivity index (χ3v) is 3.12. The van der Waals surface area contributed by atoms with Gasteiger partial charge in [0.05, 0.1) is 5.69 Å². The normalized spacial score (nSPS) is 10.4. The fourth-order valence-electron chi connectivity index (χ4n) is 2.00. The molecule has 19 heavy (non-hydrogen) atoms. The molecule has 0 atom stereocenters. The second kappa shape index (κ2) is 5.02. The molecular weight excluding hydrogens is 232 g/mol. The molecule has 3 rings (SSSR count). The van der Waals surface area contributed by atoms with Crippen LogP contribution in [-0.4, -0.2) is 9.97 Å². The standard InChI is InChI=1S/C17H14N2/c1-13-2-4-15(5-3-13)17-7-6-16(12-19-17)14-8-10-18-11-9-14/h2-12H,1H3. The van der Waals surface area contributed by atoms with Crippen LogP contribution in [0.15, 0.2) is 67.1 Å². The summed E-state index contributed by atoms with van der Waals surface area (Å²) in [5, 5.41) is 0. The third-order valence-electron chi connectivity index (χ3n) is 3.12. The quantitative estimate of drug-likeness (QED) is 0.679. The van der Waals surface area contributed by atoms with Crippen LogP contribution in [0.2, 0.25) is 0 Å². The highest BCUT2D eigenvalue weighted by molar-refractivity contribution is 5.66. The molecule has 2 heteroatoms. The molecule has 0 aliphatic rings. The second-order valence-corrected chi connectivity index (χ2v) is 4.53. The summed E-state index contributed by atoms with van der Waals surface area (Å²) < 4.78 is 0. The van der Waals surface area contributed by atoms with Crippen LogP contribution in [0.25, 0.3) is 22.4 Å². The van der Waals surface area contributed by atoms with Crippen LogP contribution in [0.5, 0.6) is 0 Å². The summed E-state index contributed by atoms with van der Waals surface area (Å²) in [4.78, 5) is 8.56. The largest absolute Gasteiger partial charge is 0.265 e. The number of benzene rings is 1. The van der Waals surface area contributed by atoms with Gasteiger partial charge in [-0.3, -0.25) is 9.97 Å². The van der Waals surface area contributed by atoms with Gasteiger partial charge < -0.3 is 0 Å². The minimum Gasteiger partial charge on any atom is -0.265 e. The Hall–Kier alpha value is -2.48. The van der Waals surface area contributed by atoms with Crippen LogP contribution < -0.4 is 0 Å². The molecule has 0 bridgehead atoms. The molecule has 1 aromatic carbocycles. The number of pyridine rings is 2. The van der Waals surface area contributed by atoms with Gasteiger partial charge in [-0.15, -0.1) is 0 Å². The summed E-state index contributed by atoms with van der Waals surface area (Å²) in [7, 11) is 0. The van der Waals surface area contributed by atoms with E-state index in [9.17, 15) is 0 Å². The van der Waals surface area contributed by atoms with Gasteiger partial charge in [-0.2, -0.15) is 0 Å². The van der Waals surface area contributed by atoms with E-state index < -0.39 is 0 Å². The van der Waals surface area contributed by atoms with Crippen molar-refractivity contribution in [2.45, 2.75) is 6.92 Å². The second-order valence-electron chi connectivity index (χ2n) is 4.53. The first-order valence-corrected chi connectivity index (χ1v) is 6.26. The Balaban J connectivity index is 1.93. The van der Waals surface area contributed by atoms with Gasteiger partial charge in [0.2, 0.25) is 0 Å². The van der Waals surface area contributed by atoms with E-state index in [2.05, 4.69) is 53.3 Å². The number of hydrogen-bond donors (Lipinski definition) is 0. The van der Waals surface area contributed by atoms with E-state index in [1.807, 2.05) is 18.3 Å². The maximum absolute atomic E-state index is 4.53. The number of rotatable bonds is 2. The van der Waals surface area contributed by atoms with Crippen LogP contribution in [0.3, 0.4) is 0 Å². The van der Waals surface area contributed by atoms with Gasteiger partial charge in [0.1, 0.15) is 0 Å². The molecule has 0 radical (unpaired) electrons. The van der Waals surface area contributed by atoms with Crippen molar-refractivity contribution in [3.8, 4) is 22.4 Å². The van der Waals surface area contributed by atoms with Crippen molar-refractivity contribution < 1.29 is 0 Å². The summed E-state index contributed by atoms with van der Waals surface area (Å²) in [6, 6.07) is 16.5. The van der Waals surface area contributed by atoms with Gasteiger partial charge in [-0.1, -0.05) is 35.9 Å². The smallest absolute Gasteiger partial charge is 0.0702 e. The van der Waals surface area contributed by atoms with Gasteiger partial charge in [0, 0.05) is 29.7 Å². The topological polar surface area (TPSA) is 25.8 Å². The molecule has 2 heterocycles. The van der Waals surface area contributed by atoms with Crippen LogP contribution in [0.4, 0.5) is 0 Å². The van der Waals surface area contributed by atoms with Crippen molar-refractivity contribution in [3.05, 3.63) is 72.7 Å². The first kappa shape index (κ1) is 11.6. The molecule has 92 valence electrons. The van der Waals surface area contributed by atoms with E-state index in [0.717, 1.165) is 22.4 Å². The molecule has 2 aromatic heterocycles. The van der Waals surface area contributed by atoms with E-state index in [-0.39, 0.29) is 0 Å².